The van der Waals surface area contributed by atoms with Crippen LogP contribution in [0.4, 0.5) is 0 Å². The minimum absolute atomic E-state index is 0.0244. The second-order valence-electron chi connectivity index (χ2n) is 2.80. The third-order valence-electron chi connectivity index (χ3n) is 1.72. The summed E-state index contributed by atoms with van der Waals surface area (Å²) >= 11 is 2.80. The number of H-pyrrole nitrogens is 1. The van der Waals surface area contributed by atoms with Crippen LogP contribution in [0.1, 0.15) is 0 Å². The first-order valence-electron chi connectivity index (χ1n) is 4.18. The van der Waals surface area contributed by atoms with Crippen molar-refractivity contribution in [2.75, 3.05) is 5.75 Å². The molecular formula is C9H8N2O2S2. The number of aromatic amines is 1. The molecule has 2 aromatic heterocycles. The average molecular weight is 240 g/mol. The fraction of sp³-hybridized carbons (Fsp3) is 0.111. The lowest BCUT2D eigenvalue weighted by molar-refractivity contribution is -0.133. The van der Waals surface area contributed by atoms with E-state index in [1.165, 1.54) is 11.8 Å². The quantitative estimate of drug-likeness (QED) is 0.805. The zero-order chi connectivity index (χ0) is 10.7. The van der Waals surface area contributed by atoms with Gasteiger partial charge in [0.2, 0.25) is 0 Å². The van der Waals surface area contributed by atoms with Crippen LogP contribution in [0.3, 0.4) is 0 Å². The van der Waals surface area contributed by atoms with Crippen molar-refractivity contribution >= 4 is 29.1 Å². The smallest absolute Gasteiger partial charge is 0.313 e. The van der Waals surface area contributed by atoms with E-state index in [9.17, 15) is 4.79 Å². The first kappa shape index (κ1) is 10.3. The highest BCUT2D eigenvalue weighted by Crippen LogP contribution is 2.22. The lowest BCUT2D eigenvalue weighted by Gasteiger charge is -1.92. The molecule has 2 rings (SSSR count). The Labute approximate surface area is 94.4 Å². The van der Waals surface area contributed by atoms with Crippen LogP contribution in [-0.4, -0.2) is 26.8 Å². The molecule has 0 atom stereocenters. The number of thiophene rings is 1. The van der Waals surface area contributed by atoms with E-state index in [0.717, 1.165) is 11.3 Å². The number of aromatic nitrogens is 2. The molecule has 2 aromatic rings. The maximum atomic E-state index is 10.3. The number of carboxylic acid groups (broad SMARTS) is 1. The highest BCUT2D eigenvalue weighted by Gasteiger charge is 2.05. The van der Waals surface area contributed by atoms with E-state index in [4.69, 9.17) is 5.11 Å². The largest absolute Gasteiger partial charge is 0.481 e. The predicted octanol–water partition coefficient (Wildman–Crippen LogP) is 2.31. The highest BCUT2D eigenvalue weighted by molar-refractivity contribution is 7.99. The summed E-state index contributed by atoms with van der Waals surface area (Å²) in [5, 5.41) is 13.1. The van der Waals surface area contributed by atoms with Crippen molar-refractivity contribution in [1.82, 2.24) is 9.97 Å². The van der Waals surface area contributed by atoms with Gasteiger partial charge in [0.05, 0.1) is 17.6 Å². The lowest BCUT2D eigenvalue weighted by atomic mass is 10.3. The third-order valence-corrected chi connectivity index (χ3v) is 3.27. The molecule has 0 spiro atoms. The van der Waals surface area contributed by atoms with E-state index in [-0.39, 0.29) is 5.75 Å². The Morgan fingerprint density at radius 3 is 3.20 bits per heavy atom. The molecule has 0 aliphatic rings. The van der Waals surface area contributed by atoms with Gasteiger partial charge in [-0.2, -0.15) is 11.3 Å². The van der Waals surface area contributed by atoms with E-state index in [1.54, 1.807) is 17.5 Å². The summed E-state index contributed by atoms with van der Waals surface area (Å²) in [5.41, 5.74) is 2.00. The molecule has 0 saturated carbocycles. The van der Waals surface area contributed by atoms with Crippen LogP contribution in [-0.2, 0) is 4.79 Å². The molecule has 0 aliphatic heterocycles. The van der Waals surface area contributed by atoms with Crippen LogP contribution >= 0.6 is 23.1 Å². The van der Waals surface area contributed by atoms with Crippen LogP contribution < -0.4 is 0 Å². The second-order valence-corrected chi connectivity index (χ2v) is 4.54. The minimum atomic E-state index is -0.839. The van der Waals surface area contributed by atoms with Gasteiger partial charge in [-0.3, -0.25) is 4.79 Å². The van der Waals surface area contributed by atoms with Crippen LogP contribution in [0.25, 0.3) is 11.3 Å². The van der Waals surface area contributed by atoms with Crippen molar-refractivity contribution in [1.29, 1.82) is 0 Å². The van der Waals surface area contributed by atoms with Crippen molar-refractivity contribution in [3.05, 3.63) is 23.0 Å². The SMILES string of the molecule is O=C(O)CSc1ncc(-c2ccsc2)[nH]1. The summed E-state index contributed by atoms with van der Waals surface area (Å²) in [6, 6.07) is 1.99. The van der Waals surface area contributed by atoms with Gasteiger partial charge in [0.25, 0.3) is 0 Å². The number of imidazole rings is 1. The van der Waals surface area contributed by atoms with E-state index in [0.29, 0.717) is 5.16 Å². The number of hydrogen-bond donors (Lipinski definition) is 2. The number of carboxylic acids is 1. The average Bonchev–Trinajstić information content (AvgIpc) is 2.85. The van der Waals surface area contributed by atoms with Gasteiger partial charge >= 0.3 is 5.97 Å². The summed E-state index contributed by atoms with van der Waals surface area (Å²) in [7, 11) is 0. The Morgan fingerprint density at radius 2 is 2.53 bits per heavy atom. The van der Waals surface area contributed by atoms with Crippen LogP contribution in [0.2, 0.25) is 0 Å². The van der Waals surface area contributed by atoms with E-state index < -0.39 is 5.97 Å². The first-order valence-corrected chi connectivity index (χ1v) is 6.11. The van der Waals surface area contributed by atoms with E-state index >= 15 is 0 Å². The van der Waals surface area contributed by atoms with Crippen LogP contribution in [0.15, 0.2) is 28.2 Å². The highest BCUT2D eigenvalue weighted by atomic mass is 32.2. The standard InChI is InChI=1S/C9H8N2O2S2/c12-8(13)5-15-9-10-3-7(11-9)6-1-2-14-4-6/h1-4H,5H2,(H,10,11)(H,12,13). The Hall–Kier alpha value is -1.27. The maximum Gasteiger partial charge on any atom is 0.313 e. The van der Waals surface area contributed by atoms with Crippen molar-refractivity contribution in [3.63, 3.8) is 0 Å². The summed E-state index contributed by atoms with van der Waals surface area (Å²) in [4.78, 5) is 17.5. The van der Waals surface area contributed by atoms with Crippen LogP contribution in [0, 0.1) is 0 Å². The van der Waals surface area contributed by atoms with Crippen LogP contribution in [0.5, 0.6) is 0 Å². The molecule has 15 heavy (non-hydrogen) atoms. The molecule has 78 valence electrons. The van der Waals surface area contributed by atoms with Gasteiger partial charge in [-0.1, -0.05) is 11.8 Å². The molecule has 0 saturated heterocycles. The Balaban J connectivity index is 2.08. The summed E-state index contributed by atoms with van der Waals surface area (Å²) in [6.07, 6.45) is 1.71. The van der Waals surface area contributed by atoms with Gasteiger partial charge in [-0.25, -0.2) is 4.98 Å². The maximum absolute atomic E-state index is 10.3. The zero-order valence-corrected chi connectivity index (χ0v) is 9.27. The molecule has 0 bridgehead atoms. The molecular weight excluding hydrogens is 232 g/mol. The van der Waals surface area contributed by atoms with Crippen molar-refractivity contribution in [2.45, 2.75) is 5.16 Å². The van der Waals surface area contributed by atoms with Gasteiger partial charge in [-0.15, -0.1) is 0 Å². The summed E-state index contributed by atoms with van der Waals surface area (Å²) in [6.45, 7) is 0. The van der Waals surface area contributed by atoms with Gasteiger partial charge in [0.15, 0.2) is 5.16 Å². The third kappa shape index (κ3) is 2.60. The number of nitrogens with zero attached hydrogens (tertiary/aromatic N) is 1. The van der Waals surface area contributed by atoms with Gasteiger partial charge in [0, 0.05) is 10.9 Å². The molecule has 6 heteroatoms. The molecule has 0 aromatic carbocycles. The molecule has 0 radical (unpaired) electrons. The molecule has 2 N–H and O–H groups in total. The zero-order valence-electron chi connectivity index (χ0n) is 7.64. The fourth-order valence-electron chi connectivity index (χ4n) is 1.07. The monoisotopic (exact) mass is 240 g/mol. The Bertz CT molecular complexity index is 450. The minimum Gasteiger partial charge on any atom is -0.481 e. The number of rotatable bonds is 4. The van der Waals surface area contributed by atoms with Gasteiger partial charge < -0.3 is 10.1 Å². The van der Waals surface area contributed by atoms with Crippen molar-refractivity contribution in [2.24, 2.45) is 0 Å². The van der Waals surface area contributed by atoms with Crippen molar-refractivity contribution < 1.29 is 9.90 Å². The predicted molar refractivity (Wildman–Crippen MR) is 60.3 cm³/mol. The Morgan fingerprint density at radius 1 is 1.67 bits per heavy atom. The molecule has 0 amide bonds. The molecule has 0 fully saturated rings. The Kier molecular flexibility index (Phi) is 3.08. The first-order chi connectivity index (χ1) is 7.25. The van der Waals surface area contributed by atoms with Gasteiger partial charge in [0.1, 0.15) is 0 Å². The van der Waals surface area contributed by atoms with Crippen molar-refractivity contribution in [3.8, 4) is 11.3 Å². The molecule has 2 heterocycles. The molecule has 0 unspecified atom stereocenters. The lowest BCUT2D eigenvalue weighted by Crippen LogP contribution is -1.97. The van der Waals surface area contributed by atoms with E-state index in [2.05, 4.69) is 9.97 Å². The molecule has 0 aliphatic carbocycles. The molecule has 4 nitrogen and oxygen atoms in total. The normalized spacial score (nSPS) is 10.4. The number of thioether (sulfide) groups is 1. The topological polar surface area (TPSA) is 66.0 Å². The number of hydrogen-bond acceptors (Lipinski definition) is 4. The summed E-state index contributed by atoms with van der Waals surface area (Å²) in [5.74, 6) is -0.815. The number of aliphatic carboxylic acids is 1. The number of carbonyl (C=O) groups is 1. The fourth-order valence-corrected chi connectivity index (χ4v) is 2.30. The van der Waals surface area contributed by atoms with Gasteiger partial charge in [-0.05, 0) is 11.4 Å². The number of nitrogens with one attached hydrogen (secondary N) is 1. The summed E-state index contributed by atoms with van der Waals surface area (Å²) < 4.78 is 0. The van der Waals surface area contributed by atoms with E-state index in [1.807, 2.05) is 16.8 Å². The second kappa shape index (κ2) is 4.50.